The molecule has 0 aliphatic carbocycles. The lowest BCUT2D eigenvalue weighted by atomic mass is 10.1. The van der Waals surface area contributed by atoms with Crippen molar-refractivity contribution in [3.05, 3.63) is 29.6 Å². The first-order chi connectivity index (χ1) is 7.16. The minimum Gasteiger partial charge on any atom is -0.347 e. The smallest absolute Gasteiger partial charge is 0.268 e. The Labute approximate surface area is 86.5 Å². The molecule has 2 aliphatic heterocycles. The predicted octanol–water partition coefficient (Wildman–Crippen LogP) is 0.472. The maximum atomic E-state index is 11.5. The molecule has 76 valence electrons. The second-order valence-corrected chi connectivity index (χ2v) is 3.69. The summed E-state index contributed by atoms with van der Waals surface area (Å²) in [6, 6.07) is 1.89. The SMILES string of the molecule is C=C1C2=C(Nc3cc(C)nn31)C(=O)NC2. The van der Waals surface area contributed by atoms with Crippen LogP contribution >= 0.6 is 0 Å². The molecular formula is C10H10N4O. The molecule has 5 nitrogen and oxygen atoms in total. The standard InChI is InChI=1S/C10H10N4O/c1-5-3-8-12-9-7(4-11-10(9)15)6(2)14(8)13-5/h3,12H,2,4H2,1H3,(H,11,15). The average Bonchev–Trinajstić information content (AvgIpc) is 2.72. The third-order valence-electron chi connectivity index (χ3n) is 2.64. The topological polar surface area (TPSA) is 59.0 Å². The number of aromatic nitrogens is 2. The number of carbonyl (C=O) groups is 1. The van der Waals surface area contributed by atoms with Gasteiger partial charge in [-0.2, -0.15) is 5.10 Å². The quantitative estimate of drug-likeness (QED) is 0.643. The third kappa shape index (κ3) is 0.971. The molecule has 2 N–H and O–H groups in total. The first-order valence-electron chi connectivity index (χ1n) is 4.71. The zero-order chi connectivity index (χ0) is 10.6. The van der Waals surface area contributed by atoms with Crippen LogP contribution in [0.4, 0.5) is 5.82 Å². The van der Waals surface area contributed by atoms with Crippen LogP contribution in [0.15, 0.2) is 23.9 Å². The maximum absolute atomic E-state index is 11.5. The van der Waals surface area contributed by atoms with E-state index in [-0.39, 0.29) is 5.91 Å². The van der Waals surface area contributed by atoms with Crippen LogP contribution in [0.3, 0.4) is 0 Å². The molecule has 1 aromatic heterocycles. The zero-order valence-corrected chi connectivity index (χ0v) is 8.29. The lowest BCUT2D eigenvalue weighted by Crippen LogP contribution is -2.21. The summed E-state index contributed by atoms with van der Waals surface area (Å²) in [6.07, 6.45) is 0. The number of rotatable bonds is 0. The van der Waals surface area contributed by atoms with Crippen molar-refractivity contribution in [2.45, 2.75) is 6.92 Å². The number of amides is 1. The maximum Gasteiger partial charge on any atom is 0.268 e. The molecule has 2 aliphatic rings. The fourth-order valence-electron chi connectivity index (χ4n) is 1.91. The molecule has 1 aromatic rings. The Morgan fingerprint density at radius 1 is 1.60 bits per heavy atom. The highest BCUT2D eigenvalue weighted by Crippen LogP contribution is 2.31. The summed E-state index contributed by atoms with van der Waals surface area (Å²) >= 11 is 0. The van der Waals surface area contributed by atoms with E-state index in [0.29, 0.717) is 12.2 Å². The number of nitrogens with zero attached hydrogens (tertiary/aromatic N) is 2. The van der Waals surface area contributed by atoms with E-state index in [1.807, 2.05) is 13.0 Å². The van der Waals surface area contributed by atoms with Gasteiger partial charge in [0.05, 0.1) is 11.4 Å². The summed E-state index contributed by atoms with van der Waals surface area (Å²) in [5.74, 6) is 0.726. The van der Waals surface area contributed by atoms with Gasteiger partial charge in [-0.25, -0.2) is 4.68 Å². The van der Waals surface area contributed by atoms with Gasteiger partial charge in [-0.15, -0.1) is 0 Å². The van der Waals surface area contributed by atoms with Crippen molar-refractivity contribution in [1.29, 1.82) is 0 Å². The van der Waals surface area contributed by atoms with E-state index in [1.54, 1.807) is 4.68 Å². The minimum atomic E-state index is -0.0729. The van der Waals surface area contributed by atoms with E-state index < -0.39 is 0 Å². The second-order valence-electron chi connectivity index (χ2n) is 3.69. The Bertz CT molecular complexity index is 524. The van der Waals surface area contributed by atoms with Crippen LogP contribution in [0, 0.1) is 6.92 Å². The molecule has 0 bridgehead atoms. The van der Waals surface area contributed by atoms with Crippen LogP contribution < -0.4 is 10.6 Å². The molecule has 3 rings (SSSR count). The average molecular weight is 202 g/mol. The van der Waals surface area contributed by atoms with Gasteiger partial charge < -0.3 is 10.6 Å². The van der Waals surface area contributed by atoms with Crippen LogP contribution in [0.1, 0.15) is 5.69 Å². The number of anilines is 1. The predicted molar refractivity (Wildman–Crippen MR) is 56.0 cm³/mol. The first-order valence-corrected chi connectivity index (χ1v) is 4.71. The lowest BCUT2D eigenvalue weighted by Gasteiger charge is -2.18. The number of fused-ring (bicyclic) bond motifs is 1. The van der Waals surface area contributed by atoms with Crippen LogP contribution in [0.25, 0.3) is 5.70 Å². The first kappa shape index (κ1) is 8.28. The largest absolute Gasteiger partial charge is 0.347 e. The zero-order valence-electron chi connectivity index (χ0n) is 8.29. The Morgan fingerprint density at radius 3 is 3.20 bits per heavy atom. The van der Waals surface area contributed by atoms with Crippen molar-refractivity contribution >= 4 is 17.4 Å². The van der Waals surface area contributed by atoms with E-state index >= 15 is 0 Å². The third-order valence-corrected chi connectivity index (χ3v) is 2.64. The Balaban J connectivity index is 2.16. The Hall–Kier alpha value is -2.04. The highest BCUT2D eigenvalue weighted by molar-refractivity contribution is 6.04. The van der Waals surface area contributed by atoms with Gasteiger partial charge in [0.1, 0.15) is 11.5 Å². The van der Waals surface area contributed by atoms with E-state index in [4.69, 9.17) is 0 Å². The van der Waals surface area contributed by atoms with Gasteiger partial charge in [-0.3, -0.25) is 4.79 Å². The monoisotopic (exact) mass is 202 g/mol. The summed E-state index contributed by atoms with van der Waals surface area (Å²) in [4.78, 5) is 11.5. The summed E-state index contributed by atoms with van der Waals surface area (Å²) < 4.78 is 1.73. The van der Waals surface area contributed by atoms with Crippen molar-refractivity contribution < 1.29 is 4.79 Å². The molecule has 0 fully saturated rings. The summed E-state index contributed by atoms with van der Waals surface area (Å²) in [5.41, 5.74) is 3.17. The van der Waals surface area contributed by atoms with Crippen LogP contribution in [0.2, 0.25) is 0 Å². The number of hydrogen-bond acceptors (Lipinski definition) is 3. The van der Waals surface area contributed by atoms with Gasteiger partial charge in [0.15, 0.2) is 0 Å². The van der Waals surface area contributed by atoms with E-state index in [2.05, 4.69) is 22.3 Å². The fourth-order valence-corrected chi connectivity index (χ4v) is 1.91. The normalized spacial score (nSPS) is 18.5. The molecule has 1 amide bonds. The van der Waals surface area contributed by atoms with Gasteiger partial charge in [-0.1, -0.05) is 6.58 Å². The molecule has 0 saturated heterocycles. The molecule has 0 radical (unpaired) electrons. The highest BCUT2D eigenvalue weighted by atomic mass is 16.2. The van der Waals surface area contributed by atoms with Gasteiger partial charge in [-0.05, 0) is 6.92 Å². The van der Waals surface area contributed by atoms with Crippen LogP contribution in [-0.2, 0) is 4.79 Å². The lowest BCUT2D eigenvalue weighted by molar-refractivity contribution is -0.116. The van der Waals surface area contributed by atoms with Crippen molar-refractivity contribution in [3.8, 4) is 0 Å². The van der Waals surface area contributed by atoms with Crippen molar-refractivity contribution in [3.63, 3.8) is 0 Å². The number of nitrogens with one attached hydrogen (secondary N) is 2. The van der Waals surface area contributed by atoms with Crippen LogP contribution in [-0.4, -0.2) is 22.2 Å². The van der Waals surface area contributed by atoms with Gasteiger partial charge in [0, 0.05) is 18.2 Å². The summed E-state index contributed by atoms with van der Waals surface area (Å²) in [6.45, 7) is 6.39. The molecular weight excluding hydrogens is 192 g/mol. The summed E-state index contributed by atoms with van der Waals surface area (Å²) in [7, 11) is 0. The van der Waals surface area contributed by atoms with Gasteiger partial charge in [0.2, 0.25) is 0 Å². The number of aryl methyl sites for hydroxylation is 1. The van der Waals surface area contributed by atoms with E-state index in [1.165, 1.54) is 0 Å². The van der Waals surface area contributed by atoms with Crippen molar-refractivity contribution in [1.82, 2.24) is 15.1 Å². The molecule has 15 heavy (non-hydrogen) atoms. The second kappa shape index (κ2) is 2.50. The Kier molecular flexibility index (Phi) is 1.38. The van der Waals surface area contributed by atoms with E-state index in [9.17, 15) is 4.79 Å². The molecule has 3 heterocycles. The minimum absolute atomic E-state index is 0.0729. The van der Waals surface area contributed by atoms with Crippen molar-refractivity contribution in [2.24, 2.45) is 0 Å². The van der Waals surface area contributed by atoms with Gasteiger partial charge >= 0.3 is 0 Å². The number of carbonyl (C=O) groups excluding carboxylic acids is 1. The Morgan fingerprint density at radius 2 is 2.40 bits per heavy atom. The highest BCUT2D eigenvalue weighted by Gasteiger charge is 2.30. The summed E-state index contributed by atoms with van der Waals surface area (Å²) in [5, 5.41) is 10.1. The molecule has 0 unspecified atom stereocenters. The fraction of sp³-hybridized carbons (Fsp3) is 0.200. The molecule has 0 aromatic carbocycles. The molecule has 5 heteroatoms. The van der Waals surface area contributed by atoms with Crippen molar-refractivity contribution in [2.75, 3.05) is 11.9 Å². The molecule has 0 saturated carbocycles. The molecule has 0 spiro atoms. The molecule has 0 atom stereocenters. The van der Waals surface area contributed by atoms with E-state index in [0.717, 1.165) is 22.8 Å². The number of hydrogen-bond donors (Lipinski definition) is 2. The van der Waals surface area contributed by atoms with Gasteiger partial charge in [0.25, 0.3) is 5.91 Å². The van der Waals surface area contributed by atoms with Crippen LogP contribution in [0.5, 0.6) is 0 Å².